The number of halogens is 1. The Morgan fingerprint density at radius 3 is 2.42 bits per heavy atom. The second-order valence-electron chi connectivity index (χ2n) is 6.28. The van der Waals surface area contributed by atoms with Crippen LogP contribution in [0.1, 0.15) is 24.0 Å². The molecule has 1 fully saturated rings. The Balaban J connectivity index is 1.56. The lowest BCUT2D eigenvalue weighted by Gasteiger charge is -2.31. The minimum atomic E-state index is -0.259. The molecule has 0 aliphatic carbocycles. The van der Waals surface area contributed by atoms with Crippen molar-refractivity contribution in [2.75, 3.05) is 18.0 Å². The number of aliphatic hydroxyl groups is 1. The molecule has 5 heteroatoms. The summed E-state index contributed by atoms with van der Waals surface area (Å²) in [6.07, 6.45) is 1.12. The van der Waals surface area contributed by atoms with E-state index in [0.29, 0.717) is 44.7 Å². The van der Waals surface area contributed by atoms with Gasteiger partial charge in [-0.25, -0.2) is 4.39 Å². The van der Waals surface area contributed by atoms with Crippen molar-refractivity contribution in [1.82, 2.24) is 5.32 Å². The number of aliphatic hydroxyl groups excluding tert-OH is 1. The van der Waals surface area contributed by atoms with Crippen molar-refractivity contribution in [1.29, 1.82) is 0 Å². The summed E-state index contributed by atoms with van der Waals surface area (Å²) in [5, 5.41) is 22.2. The van der Waals surface area contributed by atoms with Gasteiger partial charge in [0.05, 0.1) is 11.8 Å². The zero-order chi connectivity index (χ0) is 16.9. The highest BCUT2D eigenvalue weighted by Crippen LogP contribution is 2.24. The van der Waals surface area contributed by atoms with Gasteiger partial charge in [-0.1, -0.05) is 18.2 Å². The van der Waals surface area contributed by atoms with E-state index in [1.807, 2.05) is 23.1 Å². The molecule has 0 aromatic heterocycles. The molecule has 0 radical (unpaired) electrons. The molecular formula is C19H23FN2O2. The Morgan fingerprint density at radius 1 is 1.04 bits per heavy atom. The Morgan fingerprint density at radius 2 is 1.75 bits per heavy atom. The lowest BCUT2D eigenvalue weighted by atomic mass is 10.1. The topological polar surface area (TPSA) is 55.7 Å². The third kappa shape index (κ3) is 4.24. The largest absolute Gasteiger partial charge is 0.508 e. The quantitative estimate of drug-likeness (QED) is 0.789. The van der Waals surface area contributed by atoms with E-state index < -0.39 is 0 Å². The number of phenolic OH excluding ortho intramolecular Hbond substituents is 1. The summed E-state index contributed by atoms with van der Waals surface area (Å²) in [4.78, 5) is 1.99. The number of hydrogen-bond donors (Lipinski definition) is 3. The minimum absolute atomic E-state index is 0.219. The number of anilines is 1. The van der Waals surface area contributed by atoms with Crippen LogP contribution >= 0.6 is 0 Å². The molecule has 0 saturated carbocycles. The van der Waals surface area contributed by atoms with Crippen LogP contribution in [0.4, 0.5) is 10.1 Å². The third-order valence-electron chi connectivity index (χ3n) is 4.39. The fourth-order valence-corrected chi connectivity index (χ4v) is 3.04. The van der Waals surface area contributed by atoms with Gasteiger partial charge in [-0.2, -0.15) is 0 Å². The molecule has 0 unspecified atom stereocenters. The van der Waals surface area contributed by atoms with Crippen molar-refractivity contribution in [3.63, 3.8) is 0 Å². The first kappa shape index (κ1) is 16.7. The van der Waals surface area contributed by atoms with E-state index in [4.69, 9.17) is 0 Å². The average Bonchev–Trinajstić information content (AvgIpc) is 2.56. The molecule has 3 rings (SSSR count). The second kappa shape index (κ2) is 7.64. The van der Waals surface area contributed by atoms with E-state index in [1.54, 1.807) is 24.3 Å². The van der Waals surface area contributed by atoms with Crippen LogP contribution in [-0.2, 0) is 13.1 Å². The molecule has 0 spiro atoms. The Hall–Kier alpha value is -2.11. The van der Waals surface area contributed by atoms with Crippen LogP contribution in [0.2, 0.25) is 0 Å². The van der Waals surface area contributed by atoms with Crippen LogP contribution < -0.4 is 10.2 Å². The molecule has 0 amide bonds. The first-order chi connectivity index (χ1) is 11.6. The molecule has 128 valence electrons. The van der Waals surface area contributed by atoms with Crippen LogP contribution in [-0.4, -0.2) is 29.4 Å². The summed E-state index contributed by atoms with van der Waals surface area (Å²) in [6, 6.07) is 12.4. The van der Waals surface area contributed by atoms with E-state index in [0.717, 1.165) is 11.1 Å². The Bertz CT molecular complexity index is 685. The number of nitrogens with one attached hydrogen (secondary N) is 1. The monoisotopic (exact) mass is 330 g/mol. The summed E-state index contributed by atoms with van der Waals surface area (Å²) in [6.45, 7) is 2.55. The Labute approximate surface area is 141 Å². The van der Waals surface area contributed by atoms with Gasteiger partial charge in [0, 0.05) is 26.2 Å². The first-order valence-electron chi connectivity index (χ1n) is 8.32. The number of aromatic hydroxyl groups is 1. The van der Waals surface area contributed by atoms with E-state index in [-0.39, 0.29) is 17.7 Å². The molecule has 3 N–H and O–H groups in total. The normalized spacial score (nSPS) is 15.7. The van der Waals surface area contributed by atoms with Crippen molar-refractivity contribution in [2.24, 2.45) is 0 Å². The second-order valence-corrected chi connectivity index (χ2v) is 6.28. The molecular weight excluding hydrogens is 307 g/mol. The predicted molar refractivity (Wildman–Crippen MR) is 92.5 cm³/mol. The van der Waals surface area contributed by atoms with Gasteiger partial charge in [-0.05, 0) is 48.2 Å². The first-order valence-corrected chi connectivity index (χ1v) is 8.32. The van der Waals surface area contributed by atoms with E-state index >= 15 is 0 Å². The van der Waals surface area contributed by atoms with Gasteiger partial charge >= 0.3 is 0 Å². The van der Waals surface area contributed by atoms with Gasteiger partial charge in [-0.15, -0.1) is 0 Å². The third-order valence-corrected chi connectivity index (χ3v) is 4.39. The maximum atomic E-state index is 14.4. The zero-order valence-electron chi connectivity index (χ0n) is 13.6. The van der Waals surface area contributed by atoms with Crippen LogP contribution in [0.25, 0.3) is 0 Å². The fourth-order valence-electron chi connectivity index (χ4n) is 3.04. The lowest BCUT2D eigenvalue weighted by Crippen LogP contribution is -2.36. The molecule has 4 nitrogen and oxygen atoms in total. The smallest absolute Gasteiger partial charge is 0.146 e. The molecule has 1 aliphatic heterocycles. The highest BCUT2D eigenvalue weighted by molar-refractivity contribution is 5.49. The van der Waals surface area contributed by atoms with Gasteiger partial charge in [0.25, 0.3) is 0 Å². The number of rotatable bonds is 5. The van der Waals surface area contributed by atoms with E-state index in [9.17, 15) is 14.6 Å². The van der Waals surface area contributed by atoms with Crippen molar-refractivity contribution in [2.45, 2.75) is 32.0 Å². The van der Waals surface area contributed by atoms with Gasteiger partial charge < -0.3 is 20.4 Å². The molecule has 1 heterocycles. The lowest BCUT2D eigenvalue weighted by molar-refractivity contribution is 0.145. The van der Waals surface area contributed by atoms with E-state index in [1.165, 1.54) is 0 Å². The number of hydrogen-bond acceptors (Lipinski definition) is 4. The van der Waals surface area contributed by atoms with Crippen molar-refractivity contribution < 1.29 is 14.6 Å². The van der Waals surface area contributed by atoms with Crippen LogP contribution in [0.5, 0.6) is 5.75 Å². The molecule has 0 atom stereocenters. The summed E-state index contributed by atoms with van der Waals surface area (Å²) in [7, 11) is 0. The SMILES string of the molecule is Oc1cccc(CNCc2ccc(N3CCC(O)CC3)c(F)c2)c1. The van der Waals surface area contributed by atoms with Crippen LogP contribution in [0.3, 0.4) is 0 Å². The predicted octanol–water partition coefficient (Wildman–Crippen LogP) is 2.78. The zero-order valence-corrected chi connectivity index (χ0v) is 13.6. The highest BCUT2D eigenvalue weighted by atomic mass is 19.1. The molecule has 2 aromatic carbocycles. The van der Waals surface area contributed by atoms with E-state index in [2.05, 4.69) is 5.32 Å². The average molecular weight is 330 g/mol. The van der Waals surface area contributed by atoms with Crippen molar-refractivity contribution in [3.05, 3.63) is 59.4 Å². The van der Waals surface area contributed by atoms with Crippen molar-refractivity contribution >= 4 is 5.69 Å². The number of phenols is 1. The molecule has 1 saturated heterocycles. The number of piperidine rings is 1. The number of benzene rings is 2. The van der Waals surface area contributed by atoms with Crippen LogP contribution in [0.15, 0.2) is 42.5 Å². The van der Waals surface area contributed by atoms with Crippen LogP contribution in [0, 0.1) is 5.82 Å². The maximum absolute atomic E-state index is 14.4. The molecule has 2 aromatic rings. The summed E-state index contributed by atoms with van der Waals surface area (Å²) >= 11 is 0. The standard InChI is InChI=1S/C19H23FN2O2/c20-18-11-15(13-21-12-14-2-1-3-17(24)10-14)4-5-19(18)22-8-6-16(23)7-9-22/h1-5,10-11,16,21,23-24H,6-9,12-13H2. The number of nitrogens with zero attached hydrogens (tertiary/aromatic N) is 1. The summed E-state index contributed by atoms with van der Waals surface area (Å²) in [5.74, 6) is 0.0272. The molecule has 1 aliphatic rings. The van der Waals surface area contributed by atoms with Gasteiger partial charge in [0.15, 0.2) is 0 Å². The summed E-state index contributed by atoms with van der Waals surface area (Å²) in [5.41, 5.74) is 2.48. The van der Waals surface area contributed by atoms with Crippen molar-refractivity contribution in [3.8, 4) is 5.75 Å². The summed E-state index contributed by atoms with van der Waals surface area (Å²) < 4.78 is 14.4. The fraction of sp³-hybridized carbons (Fsp3) is 0.368. The maximum Gasteiger partial charge on any atom is 0.146 e. The van der Waals surface area contributed by atoms with Gasteiger partial charge in [-0.3, -0.25) is 0 Å². The highest BCUT2D eigenvalue weighted by Gasteiger charge is 2.19. The van der Waals surface area contributed by atoms with Gasteiger partial charge in [0.1, 0.15) is 11.6 Å². The molecule has 24 heavy (non-hydrogen) atoms. The minimum Gasteiger partial charge on any atom is -0.508 e. The Kier molecular flexibility index (Phi) is 5.33. The molecule has 0 bridgehead atoms. The van der Waals surface area contributed by atoms with Gasteiger partial charge in [0.2, 0.25) is 0 Å².